The van der Waals surface area contributed by atoms with Crippen molar-refractivity contribution >= 4 is 33.2 Å². The highest BCUT2D eigenvalue weighted by atomic mass is 79.9. The van der Waals surface area contributed by atoms with Crippen molar-refractivity contribution in [2.24, 2.45) is 0 Å². The van der Waals surface area contributed by atoms with Gasteiger partial charge in [0, 0.05) is 16.2 Å². The lowest BCUT2D eigenvalue weighted by Crippen LogP contribution is -2.18. The molecule has 0 spiro atoms. The molecule has 1 nitrogen and oxygen atoms in total. The number of benzene rings is 1. The quantitative estimate of drug-likeness (QED) is 0.782. The fraction of sp³-hybridized carbons (Fsp3) is 0.333. The molecule has 15 heavy (non-hydrogen) atoms. The maximum absolute atomic E-state index is 5.93. The lowest BCUT2D eigenvalue weighted by Gasteiger charge is -2.19. The van der Waals surface area contributed by atoms with Crippen LogP contribution in [0.3, 0.4) is 0 Å². The third-order valence-corrected chi connectivity index (χ3v) is 3.74. The molecule has 0 aliphatic heterocycles. The second-order valence-electron chi connectivity index (χ2n) is 3.74. The number of rotatable bonds is 2. The molecule has 0 radical (unpaired) electrons. The fourth-order valence-corrected chi connectivity index (χ4v) is 2.23. The minimum atomic E-state index is 0.465. The first-order chi connectivity index (χ1) is 7.25. The van der Waals surface area contributed by atoms with Crippen LogP contribution in [0.4, 0.5) is 5.69 Å². The molecule has 1 unspecified atom stereocenters. The van der Waals surface area contributed by atoms with Crippen LogP contribution < -0.4 is 5.32 Å². The van der Waals surface area contributed by atoms with E-state index in [2.05, 4.69) is 33.4 Å². The number of hydrogen-bond donors (Lipinski definition) is 1. The van der Waals surface area contributed by atoms with Crippen LogP contribution in [-0.4, -0.2) is 6.04 Å². The number of halogens is 2. The van der Waals surface area contributed by atoms with Gasteiger partial charge in [0.2, 0.25) is 0 Å². The molecule has 1 aromatic carbocycles. The molecule has 0 aromatic heterocycles. The highest BCUT2D eigenvalue weighted by molar-refractivity contribution is 9.10. The molecule has 0 heterocycles. The van der Waals surface area contributed by atoms with Crippen molar-refractivity contribution in [3.63, 3.8) is 0 Å². The van der Waals surface area contributed by atoms with Gasteiger partial charge in [-0.05, 0) is 53.4 Å². The van der Waals surface area contributed by atoms with Crippen molar-refractivity contribution in [1.82, 2.24) is 0 Å². The van der Waals surface area contributed by atoms with Gasteiger partial charge in [-0.1, -0.05) is 23.8 Å². The maximum atomic E-state index is 5.93. The van der Waals surface area contributed by atoms with E-state index in [1.165, 1.54) is 19.3 Å². The molecule has 0 bridgehead atoms. The van der Waals surface area contributed by atoms with Crippen LogP contribution in [0, 0.1) is 0 Å². The van der Waals surface area contributed by atoms with Crippen LogP contribution in [0.15, 0.2) is 34.8 Å². The third kappa shape index (κ3) is 2.99. The minimum Gasteiger partial charge on any atom is -0.379 e. The SMILES string of the molecule is Clc1ccc(NC2C=CCCC2)cc1Br. The van der Waals surface area contributed by atoms with Gasteiger partial charge in [0.05, 0.1) is 5.02 Å². The molecule has 0 amide bonds. The van der Waals surface area contributed by atoms with Crippen molar-refractivity contribution in [2.45, 2.75) is 25.3 Å². The van der Waals surface area contributed by atoms with Crippen molar-refractivity contribution in [1.29, 1.82) is 0 Å². The van der Waals surface area contributed by atoms with Gasteiger partial charge in [-0.15, -0.1) is 0 Å². The van der Waals surface area contributed by atoms with Gasteiger partial charge in [0.1, 0.15) is 0 Å². The van der Waals surface area contributed by atoms with E-state index >= 15 is 0 Å². The van der Waals surface area contributed by atoms with Gasteiger partial charge >= 0.3 is 0 Å². The van der Waals surface area contributed by atoms with Gasteiger partial charge in [-0.25, -0.2) is 0 Å². The molecule has 1 aromatic rings. The van der Waals surface area contributed by atoms with E-state index < -0.39 is 0 Å². The zero-order valence-electron chi connectivity index (χ0n) is 8.34. The molecule has 1 aliphatic carbocycles. The van der Waals surface area contributed by atoms with E-state index in [1.807, 2.05) is 18.2 Å². The van der Waals surface area contributed by atoms with Crippen LogP contribution in [0.5, 0.6) is 0 Å². The van der Waals surface area contributed by atoms with Gasteiger partial charge in [0.25, 0.3) is 0 Å². The number of nitrogens with one attached hydrogen (secondary N) is 1. The fourth-order valence-electron chi connectivity index (χ4n) is 1.73. The minimum absolute atomic E-state index is 0.465. The first-order valence-corrected chi connectivity index (χ1v) is 6.31. The average Bonchev–Trinajstić information content (AvgIpc) is 2.25. The summed E-state index contributed by atoms with van der Waals surface area (Å²) in [6.45, 7) is 0. The molecule has 0 saturated heterocycles. The predicted molar refractivity (Wildman–Crippen MR) is 69.6 cm³/mol. The lowest BCUT2D eigenvalue weighted by molar-refractivity contribution is 0.674. The monoisotopic (exact) mass is 285 g/mol. The zero-order valence-corrected chi connectivity index (χ0v) is 10.7. The summed E-state index contributed by atoms with van der Waals surface area (Å²) in [7, 11) is 0. The Morgan fingerprint density at radius 2 is 2.27 bits per heavy atom. The van der Waals surface area contributed by atoms with Gasteiger partial charge in [0.15, 0.2) is 0 Å². The van der Waals surface area contributed by atoms with Crippen molar-refractivity contribution < 1.29 is 0 Å². The van der Waals surface area contributed by atoms with E-state index in [0.717, 1.165) is 15.2 Å². The molecular weight excluding hydrogens is 273 g/mol. The Morgan fingerprint density at radius 1 is 1.40 bits per heavy atom. The first-order valence-electron chi connectivity index (χ1n) is 5.14. The molecule has 0 fully saturated rings. The zero-order chi connectivity index (χ0) is 10.7. The smallest absolute Gasteiger partial charge is 0.0549 e. The highest BCUT2D eigenvalue weighted by Gasteiger charge is 2.08. The van der Waals surface area contributed by atoms with Crippen LogP contribution in [-0.2, 0) is 0 Å². The largest absolute Gasteiger partial charge is 0.379 e. The molecule has 80 valence electrons. The molecule has 2 rings (SSSR count). The lowest BCUT2D eigenvalue weighted by atomic mass is 10.0. The van der Waals surface area contributed by atoms with E-state index in [-0.39, 0.29) is 0 Å². The van der Waals surface area contributed by atoms with Crippen LogP contribution in [0.1, 0.15) is 19.3 Å². The Morgan fingerprint density at radius 3 is 2.93 bits per heavy atom. The standard InChI is InChI=1S/C12H13BrClN/c13-11-8-10(6-7-12(11)14)15-9-4-2-1-3-5-9/h2,4,6-9,15H,1,3,5H2. The van der Waals surface area contributed by atoms with Gasteiger partial charge in [-0.3, -0.25) is 0 Å². The summed E-state index contributed by atoms with van der Waals surface area (Å²) < 4.78 is 0.939. The third-order valence-electron chi connectivity index (χ3n) is 2.53. The molecule has 1 N–H and O–H groups in total. The summed E-state index contributed by atoms with van der Waals surface area (Å²) in [5.41, 5.74) is 1.11. The van der Waals surface area contributed by atoms with E-state index in [0.29, 0.717) is 6.04 Å². The Hall–Kier alpha value is -0.470. The van der Waals surface area contributed by atoms with Crippen molar-refractivity contribution in [3.05, 3.63) is 39.8 Å². The maximum Gasteiger partial charge on any atom is 0.0549 e. The van der Waals surface area contributed by atoms with E-state index in [1.54, 1.807) is 0 Å². The molecule has 0 saturated carbocycles. The summed E-state index contributed by atoms with van der Waals surface area (Å²) in [5.74, 6) is 0. The normalized spacial score (nSPS) is 20.3. The second-order valence-corrected chi connectivity index (χ2v) is 5.00. The topological polar surface area (TPSA) is 12.0 Å². The first kappa shape index (κ1) is 11.0. The Balaban J connectivity index is 2.07. The molecule has 1 atom stereocenters. The summed E-state index contributed by atoms with van der Waals surface area (Å²) in [5, 5.41) is 4.22. The number of allylic oxidation sites excluding steroid dienone is 1. The summed E-state index contributed by atoms with van der Waals surface area (Å²) in [4.78, 5) is 0. The summed E-state index contributed by atoms with van der Waals surface area (Å²) >= 11 is 9.36. The highest BCUT2D eigenvalue weighted by Crippen LogP contribution is 2.26. The molecule has 1 aliphatic rings. The van der Waals surface area contributed by atoms with E-state index in [4.69, 9.17) is 11.6 Å². The molecule has 3 heteroatoms. The summed E-state index contributed by atoms with van der Waals surface area (Å²) in [6, 6.07) is 6.40. The van der Waals surface area contributed by atoms with Crippen LogP contribution in [0.25, 0.3) is 0 Å². The van der Waals surface area contributed by atoms with Crippen LogP contribution >= 0.6 is 27.5 Å². The Kier molecular flexibility index (Phi) is 3.71. The second kappa shape index (κ2) is 5.04. The van der Waals surface area contributed by atoms with Crippen LogP contribution in [0.2, 0.25) is 5.02 Å². The van der Waals surface area contributed by atoms with E-state index in [9.17, 15) is 0 Å². The Bertz CT molecular complexity index is 376. The predicted octanol–water partition coefficient (Wildman–Crippen LogP) is 4.62. The number of hydrogen-bond acceptors (Lipinski definition) is 1. The van der Waals surface area contributed by atoms with Crippen molar-refractivity contribution in [3.8, 4) is 0 Å². The van der Waals surface area contributed by atoms with Gasteiger partial charge in [-0.2, -0.15) is 0 Å². The Labute approximate surface area is 104 Å². The van der Waals surface area contributed by atoms with Gasteiger partial charge < -0.3 is 5.32 Å². The average molecular weight is 287 g/mol. The number of anilines is 1. The molecular formula is C12H13BrClN. The van der Waals surface area contributed by atoms with Crippen molar-refractivity contribution in [2.75, 3.05) is 5.32 Å². The summed E-state index contributed by atoms with van der Waals surface area (Å²) in [6.07, 6.45) is 8.17.